The molecule has 0 spiro atoms. The highest BCUT2D eigenvalue weighted by atomic mass is 28.3. The molecule has 158 valence electrons. The van der Waals surface area contributed by atoms with Gasteiger partial charge in [0.05, 0.1) is 5.56 Å². The number of nitrogens with zero attached hydrogens (tertiary/aromatic N) is 1. The summed E-state index contributed by atoms with van der Waals surface area (Å²) >= 11 is 0. The number of aromatic nitrogens is 1. The van der Waals surface area contributed by atoms with Crippen LogP contribution in [-0.4, -0.2) is 13.1 Å². The predicted octanol–water partition coefficient (Wildman–Crippen LogP) is 4.22. The van der Waals surface area contributed by atoms with Gasteiger partial charge in [-0.3, -0.25) is 0 Å². The molecule has 32 heavy (non-hydrogen) atoms. The Balaban J connectivity index is 1.86. The second-order valence-corrected chi connectivity index (χ2v) is 11.2. The summed E-state index contributed by atoms with van der Waals surface area (Å²) in [6.45, 7) is 0. The summed E-state index contributed by atoms with van der Waals surface area (Å²) in [7, 11) is -3.01. The van der Waals surface area contributed by atoms with Gasteiger partial charge in [-0.1, -0.05) is 91.0 Å². The summed E-state index contributed by atoms with van der Waals surface area (Å²) in [6, 6.07) is 33.4. The first-order chi connectivity index (χ1) is 15.5. The molecule has 0 atom stereocenters. The van der Waals surface area contributed by atoms with E-state index in [0.717, 1.165) is 27.7 Å². The molecule has 0 aliphatic carbocycles. The Morgan fingerprint density at radius 2 is 1.09 bits per heavy atom. The Labute approximate surface area is 184 Å². The van der Waals surface area contributed by atoms with Crippen molar-refractivity contribution in [2.24, 2.45) is 0 Å². The van der Waals surface area contributed by atoms with Gasteiger partial charge in [0.1, 0.15) is 5.52 Å². The predicted molar refractivity (Wildman–Crippen MR) is 123 cm³/mol. The summed E-state index contributed by atoms with van der Waals surface area (Å²) in [5.41, 5.74) is 0.247. The molecular formula is C26H18F3NOSi. The molecule has 0 fully saturated rings. The zero-order chi connectivity index (χ0) is 22.2. The van der Waals surface area contributed by atoms with Gasteiger partial charge in [-0.05, 0) is 33.8 Å². The van der Waals surface area contributed by atoms with Crippen LogP contribution < -0.4 is 21.1 Å². The van der Waals surface area contributed by atoms with Crippen LogP contribution in [0, 0.1) is 0 Å². The first-order valence-corrected chi connectivity index (χ1v) is 12.1. The van der Waals surface area contributed by atoms with Gasteiger partial charge in [0.2, 0.25) is 8.07 Å². The molecular weight excluding hydrogens is 427 g/mol. The van der Waals surface area contributed by atoms with Crippen LogP contribution in [0.5, 0.6) is 0 Å². The second-order valence-electron chi connectivity index (χ2n) is 7.55. The minimum atomic E-state index is -4.45. The molecule has 0 N–H and O–H groups in total. The smallest absolute Gasteiger partial charge is 0.416 e. The van der Waals surface area contributed by atoms with Crippen molar-refractivity contribution in [3.63, 3.8) is 0 Å². The Hall–Kier alpha value is -3.64. The third kappa shape index (κ3) is 3.33. The quantitative estimate of drug-likeness (QED) is 0.306. The maximum atomic E-state index is 13.3. The van der Waals surface area contributed by atoms with Gasteiger partial charge < -0.3 is 4.42 Å². The summed E-state index contributed by atoms with van der Waals surface area (Å²) in [5.74, 6) is 0. The highest BCUT2D eigenvalue weighted by molar-refractivity contribution is 7.19. The normalized spacial score (nSPS) is 12.2. The molecule has 0 amide bonds. The van der Waals surface area contributed by atoms with Crippen LogP contribution in [0.3, 0.4) is 0 Å². The topological polar surface area (TPSA) is 26.0 Å². The molecule has 0 unspecified atom stereocenters. The van der Waals surface area contributed by atoms with Crippen LogP contribution in [0.25, 0.3) is 11.1 Å². The van der Waals surface area contributed by atoms with Gasteiger partial charge in [0, 0.05) is 0 Å². The Bertz CT molecular complexity index is 1250. The van der Waals surface area contributed by atoms with E-state index in [1.165, 1.54) is 6.07 Å². The highest BCUT2D eigenvalue weighted by Crippen LogP contribution is 2.31. The zero-order valence-electron chi connectivity index (χ0n) is 16.9. The monoisotopic (exact) mass is 445 g/mol. The number of alkyl halides is 3. The van der Waals surface area contributed by atoms with Gasteiger partial charge >= 0.3 is 6.18 Å². The van der Waals surface area contributed by atoms with Crippen molar-refractivity contribution in [3.8, 4) is 0 Å². The molecule has 0 radical (unpaired) electrons. The molecule has 0 saturated carbocycles. The largest absolute Gasteiger partial charge is 0.444 e. The molecule has 5 rings (SSSR count). The third-order valence-electron chi connectivity index (χ3n) is 5.66. The lowest BCUT2D eigenvalue weighted by Crippen LogP contribution is -2.75. The third-order valence-corrected chi connectivity index (χ3v) is 10.1. The average molecular weight is 446 g/mol. The molecule has 1 heterocycles. The van der Waals surface area contributed by atoms with Crippen molar-refractivity contribution in [2.45, 2.75) is 6.18 Å². The maximum Gasteiger partial charge on any atom is 0.416 e. The van der Waals surface area contributed by atoms with E-state index in [4.69, 9.17) is 9.40 Å². The second kappa shape index (κ2) is 7.80. The van der Waals surface area contributed by atoms with E-state index in [1.54, 1.807) is 0 Å². The van der Waals surface area contributed by atoms with Crippen molar-refractivity contribution in [2.75, 3.05) is 0 Å². The lowest BCUT2D eigenvalue weighted by atomic mass is 10.2. The van der Waals surface area contributed by atoms with E-state index >= 15 is 0 Å². The van der Waals surface area contributed by atoms with Gasteiger partial charge in [0.15, 0.2) is 11.1 Å². The number of halogens is 3. The van der Waals surface area contributed by atoms with E-state index in [0.29, 0.717) is 11.0 Å². The molecule has 0 aliphatic rings. The molecule has 1 aromatic heterocycles. The summed E-state index contributed by atoms with van der Waals surface area (Å²) < 4.78 is 46.1. The first-order valence-electron chi connectivity index (χ1n) is 10.1. The number of benzene rings is 4. The van der Waals surface area contributed by atoms with Crippen LogP contribution in [0.15, 0.2) is 114 Å². The SMILES string of the molecule is FC(F)(F)c1ccc2nc([Si](c3ccccc3)(c3ccccc3)c3ccccc3)oc2c1. The standard InChI is InChI=1S/C26H18F3NOSi/c27-26(28,29)19-16-17-23-24(18-19)31-25(30-23)32(20-10-4-1-5-11-20,21-12-6-2-7-13-21)22-14-8-3-9-15-22/h1-18H. The Morgan fingerprint density at radius 3 is 1.53 bits per heavy atom. The van der Waals surface area contributed by atoms with E-state index in [1.807, 2.05) is 91.0 Å². The van der Waals surface area contributed by atoms with Gasteiger partial charge in [0.25, 0.3) is 0 Å². The molecule has 4 aromatic carbocycles. The average Bonchev–Trinajstić information content (AvgIpc) is 3.25. The lowest BCUT2D eigenvalue weighted by molar-refractivity contribution is -0.137. The summed E-state index contributed by atoms with van der Waals surface area (Å²) in [6.07, 6.45) is -4.45. The zero-order valence-corrected chi connectivity index (χ0v) is 17.9. The van der Waals surface area contributed by atoms with Crippen molar-refractivity contribution in [3.05, 3.63) is 115 Å². The van der Waals surface area contributed by atoms with Crippen LogP contribution in [0.1, 0.15) is 5.56 Å². The maximum absolute atomic E-state index is 13.3. The fourth-order valence-corrected chi connectivity index (χ4v) is 8.57. The van der Waals surface area contributed by atoms with E-state index in [9.17, 15) is 13.2 Å². The molecule has 0 saturated heterocycles. The molecule has 2 nitrogen and oxygen atoms in total. The van der Waals surface area contributed by atoms with Crippen molar-refractivity contribution >= 4 is 40.2 Å². The minimum absolute atomic E-state index is 0.134. The van der Waals surface area contributed by atoms with Crippen LogP contribution in [-0.2, 0) is 6.18 Å². The molecule has 5 aromatic rings. The molecule has 6 heteroatoms. The van der Waals surface area contributed by atoms with Gasteiger partial charge in [-0.2, -0.15) is 13.2 Å². The van der Waals surface area contributed by atoms with E-state index in [-0.39, 0.29) is 5.58 Å². The van der Waals surface area contributed by atoms with E-state index in [2.05, 4.69) is 0 Å². The van der Waals surface area contributed by atoms with Crippen LogP contribution >= 0.6 is 0 Å². The number of fused-ring (bicyclic) bond motifs is 1. The highest BCUT2D eigenvalue weighted by Gasteiger charge is 2.46. The Morgan fingerprint density at radius 1 is 0.625 bits per heavy atom. The lowest BCUT2D eigenvalue weighted by Gasteiger charge is -2.30. The van der Waals surface area contributed by atoms with Crippen molar-refractivity contribution in [1.29, 1.82) is 0 Å². The molecule has 0 bridgehead atoms. The van der Waals surface area contributed by atoms with Gasteiger partial charge in [-0.15, -0.1) is 0 Å². The fourth-order valence-electron chi connectivity index (χ4n) is 4.20. The molecule has 0 aliphatic heterocycles. The summed E-state index contributed by atoms with van der Waals surface area (Å²) in [4.78, 5) is 4.77. The first kappa shape index (κ1) is 20.3. The Kier molecular flexibility index (Phi) is 4.94. The fraction of sp³-hybridized carbons (Fsp3) is 0.0385. The van der Waals surface area contributed by atoms with Crippen LogP contribution in [0.4, 0.5) is 13.2 Å². The minimum Gasteiger partial charge on any atom is -0.444 e. The number of oxazole rings is 1. The summed E-state index contributed by atoms with van der Waals surface area (Å²) in [5, 5.41) is 3.13. The van der Waals surface area contributed by atoms with Crippen molar-refractivity contribution < 1.29 is 17.6 Å². The number of hydrogen-bond acceptors (Lipinski definition) is 2. The van der Waals surface area contributed by atoms with Gasteiger partial charge in [-0.25, -0.2) is 4.98 Å². The van der Waals surface area contributed by atoms with Crippen LogP contribution in [0.2, 0.25) is 0 Å². The number of hydrogen-bond donors (Lipinski definition) is 0. The number of rotatable bonds is 4. The van der Waals surface area contributed by atoms with Crippen molar-refractivity contribution in [1.82, 2.24) is 4.98 Å². The van der Waals surface area contributed by atoms with E-state index < -0.39 is 19.8 Å².